The van der Waals surface area contributed by atoms with Crippen LogP contribution in [0.25, 0.3) is 17.0 Å². The molecular formula is C19H15BrO5. The summed E-state index contributed by atoms with van der Waals surface area (Å²) < 4.78 is 16.6. The molecule has 0 saturated heterocycles. The molecule has 1 heterocycles. The van der Waals surface area contributed by atoms with Crippen LogP contribution in [-0.2, 0) is 0 Å². The van der Waals surface area contributed by atoms with E-state index in [4.69, 9.17) is 13.9 Å². The van der Waals surface area contributed by atoms with Crippen molar-refractivity contribution in [3.05, 3.63) is 58.3 Å². The molecule has 0 bridgehead atoms. The number of ketones is 1. The van der Waals surface area contributed by atoms with Crippen molar-refractivity contribution in [2.24, 2.45) is 0 Å². The van der Waals surface area contributed by atoms with Gasteiger partial charge in [0.25, 0.3) is 0 Å². The smallest absolute Gasteiger partial charge is 0.221 e. The topological polar surface area (TPSA) is 68.9 Å². The van der Waals surface area contributed by atoms with Crippen molar-refractivity contribution < 1.29 is 23.8 Å². The number of rotatable bonds is 5. The van der Waals surface area contributed by atoms with Gasteiger partial charge in [-0.25, -0.2) is 0 Å². The summed E-state index contributed by atoms with van der Waals surface area (Å²) in [5.41, 5.74) is 1.17. The van der Waals surface area contributed by atoms with Crippen LogP contribution in [0.15, 0.2) is 51.4 Å². The van der Waals surface area contributed by atoms with Crippen LogP contribution < -0.4 is 9.47 Å². The van der Waals surface area contributed by atoms with Crippen LogP contribution in [0, 0.1) is 0 Å². The van der Waals surface area contributed by atoms with Gasteiger partial charge in [0.2, 0.25) is 5.78 Å². The molecule has 25 heavy (non-hydrogen) atoms. The summed E-state index contributed by atoms with van der Waals surface area (Å²) in [6.45, 7) is 0. The summed E-state index contributed by atoms with van der Waals surface area (Å²) in [5.74, 6) is 0.833. The van der Waals surface area contributed by atoms with E-state index in [1.54, 1.807) is 31.4 Å². The highest BCUT2D eigenvalue weighted by Gasteiger charge is 2.13. The van der Waals surface area contributed by atoms with E-state index < -0.39 is 0 Å². The van der Waals surface area contributed by atoms with Gasteiger partial charge in [-0.3, -0.25) is 4.79 Å². The number of para-hydroxylation sites is 1. The number of carbonyl (C=O) groups excluding carboxylic acids is 1. The van der Waals surface area contributed by atoms with E-state index in [1.807, 2.05) is 12.1 Å². The van der Waals surface area contributed by atoms with Crippen molar-refractivity contribution >= 4 is 38.8 Å². The van der Waals surface area contributed by atoms with Gasteiger partial charge in [0.15, 0.2) is 28.6 Å². The highest BCUT2D eigenvalue weighted by Crippen LogP contribution is 2.33. The molecule has 3 aromatic rings. The fraction of sp³-hybridized carbons (Fsp3) is 0.105. The predicted molar refractivity (Wildman–Crippen MR) is 98.5 cm³/mol. The second-order valence-corrected chi connectivity index (χ2v) is 6.09. The van der Waals surface area contributed by atoms with Crippen LogP contribution in [0.1, 0.15) is 16.1 Å². The van der Waals surface area contributed by atoms with Gasteiger partial charge in [0.1, 0.15) is 0 Å². The van der Waals surface area contributed by atoms with E-state index in [1.165, 1.54) is 19.3 Å². The van der Waals surface area contributed by atoms with E-state index in [2.05, 4.69) is 15.9 Å². The first-order chi connectivity index (χ1) is 12.0. The average molecular weight is 403 g/mol. The van der Waals surface area contributed by atoms with E-state index in [9.17, 15) is 9.90 Å². The number of allylic oxidation sites excluding steroid dienone is 1. The van der Waals surface area contributed by atoms with Gasteiger partial charge in [0.05, 0.1) is 14.2 Å². The Bertz CT molecular complexity index is 971. The van der Waals surface area contributed by atoms with Crippen molar-refractivity contribution in [3.63, 3.8) is 0 Å². The zero-order valence-corrected chi connectivity index (χ0v) is 15.2. The Morgan fingerprint density at radius 1 is 1.16 bits per heavy atom. The zero-order chi connectivity index (χ0) is 18.0. The highest BCUT2D eigenvalue weighted by atomic mass is 79.9. The third-order valence-electron chi connectivity index (χ3n) is 3.68. The first-order valence-electron chi connectivity index (χ1n) is 7.39. The lowest BCUT2D eigenvalue weighted by molar-refractivity contribution is 0.102. The third-order valence-corrected chi connectivity index (χ3v) is 4.37. The second kappa shape index (κ2) is 7.03. The summed E-state index contributed by atoms with van der Waals surface area (Å²) in [5, 5.41) is 10.6. The molecule has 1 N–H and O–H groups in total. The monoisotopic (exact) mass is 402 g/mol. The van der Waals surface area contributed by atoms with Crippen LogP contribution in [-0.4, -0.2) is 25.1 Å². The molecule has 128 valence electrons. The van der Waals surface area contributed by atoms with E-state index >= 15 is 0 Å². The normalized spacial score (nSPS) is 11.2. The van der Waals surface area contributed by atoms with Crippen molar-refractivity contribution in [2.45, 2.75) is 0 Å². The summed E-state index contributed by atoms with van der Waals surface area (Å²) in [7, 11) is 3.02. The molecule has 0 saturated carbocycles. The molecule has 0 aliphatic heterocycles. The lowest BCUT2D eigenvalue weighted by Crippen LogP contribution is -1.91. The Morgan fingerprint density at radius 3 is 2.64 bits per heavy atom. The first kappa shape index (κ1) is 17.1. The summed E-state index contributed by atoms with van der Waals surface area (Å²) in [4.78, 5) is 12.4. The molecule has 5 nitrogen and oxygen atoms in total. The Morgan fingerprint density at radius 2 is 1.92 bits per heavy atom. The van der Waals surface area contributed by atoms with Crippen LogP contribution in [0.3, 0.4) is 0 Å². The summed E-state index contributed by atoms with van der Waals surface area (Å²) in [6, 6.07) is 10.3. The number of halogens is 1. The summed E-state index contributed by atoms with van der Waals surface area (Å²) >= 11 is 3.38. The molecule has 0 amide bonds. The fourth-order valence-electron chi connectivity index (χ4n) is 2.42. The fourth-order valence-corrected chi connectivity index (χ4v) is 2.87. The maximum atomic E-state index is 12.4. The number of ether oxygens (including phenoxy) is 2. The van der Waals surface area contributed by atoms with Gasteiger partial charge in [-0.15, -0.1) is 0 Å². The largest absolute Gasteiger partial charge is 0.504 e. The van der Waals surface area contributed by atoms with Gasteiger partial charge in [-0.2, -0.15) is 0 Å². The molecule has 0 aliphatic rings. The van der Waals surface area contributed by atoms with Crippen molar-refractivity contribution in [3.8, 4) is 17.2 Å². The van der Waals surface area contributed by atoms with Crippen LogP contribution in [0.2, 0.25) is 0 Å². The quantitative estimate of drug-likeness (QED) is 0.489. The molecular weight excluding hydrogens is 388 g/mol. The van der Waals surface area contributed by atoms with Gasteiger partial charge in [-0.1, -0.05) is 28.1 Å². The van der Waals surface area contributed by atoms with E-state index in [0.29, 0.717) is 27.1 Å². The number of furan rings is 1. The minimum absolute atomic E-state index is 0.00808. The Balaban J connectivity index is 1.90. The van der Waals surface area contributed by atoms with Crippen LogP contribution >= 0.6 is 15.9 Å². The number of phenolic OH excluding ortho intramolecular Hbond substituents is 1. The molecule has 0 radical (unpaired) electrons. The lowest BCUT2D eigenvalue weighted by Gasteiger charge is -2.06. The number of hydrogen-bond acceptors (Lipinski definition) is 5. The number of benzene rings is 2. The van der Waals surface area contributed by atoms with Gasteiger partial charge >= 0.3 is 0 Å². The van der Waals surface area contributed by atoms with Crippen molar-refractivity contribution in [2.75, 3.05) is 14.2 Å². The number of aromatic hydroxyl groups is 1. The minimum Gasteiger partial charge on any atom is -0.504 e. The molecule has 0 aliphatic carbocycles. The van der Waals surface area contributed by atoms with Crippen molar-refractivity contribution in [1.29, 1.82) is 0 Å². The van der Waals surface area contributed by atoms with Crippen LogP contribution in [0.4, 0.5) is 0 Å². The van der Waals surface area contributed by atoms with E-state index in [-0.39, 0.29) is 17.3 Å². The molecule has 2 aromatic carbocycles. The standard InChI is InChI=1S/C19H15BrO5/c1-23-16-5-3-4-12-9-18(25-19(12)16)14(21)7-6-11-8-15(22)17(24-2)10-13(11)20/h3-10,22H,1-2H3/b7-6+. The maximum Gasteiger partial charge on any atom is 0.221 e. The van der Waals surface area contributed by atoms with E-state index in [0.717, 1.165) is 5.39 Å². The number of hydrogen-bond donors (Lipinski definition) is 1. The zero-order valence-electron chi connectivity index (χ0n) is 13.6. The first-order valence-corrected chi connectivity index (χ1v) is 8.18. The van der Waals surface area contributed by atoms with Gasteiger partial charge in [-0.05, 0) is 42.0 Å². The second-order valence-electron chi connectivity index (χ2n) is 5.23. The molecule has 0 atom stereocenters. The SMILES string of the molecule is COc1cc(Br)c(/C=C/C(=O)c2cc3cccc(OC)c3o2)cc1O. The number of carbonyl (C=O) groups is 1. The Kier molecular flexibility index (Phi) is 4.81. The molecule has 0 spiro atoms. The maximum absolute atomic E-state index is 12.4. The Labute approximate surface area is 152 Å². The van der Waals surface area contributed by atoms with Crippen molar-refractivity contribution in [1.82, 2.24) is 0 Å². The lowest BCUT2D eigenvalue weighted by atomic mass is 10.1. The average Bonchev–Trinajstić information content (AvgIpc) is 3.06. The van der Waals surface area contributed by atoms with Crippen LogP contribution in [0.5, 0.6) is 17.2 Å². The molecule has 3 rings (SSSR count). The molecule has 0 unspecified atom stereocenters. The molecule has 1 aromatic heterocycles. The molecule has 0 fully saturated rings. The number of phenols is 1. The van der Waals surface area contributed by atoms with Gasteiger partial charge in [0, 0.05) is 9.86 Å². The predicted octanol–water partition coefficient (Wildman–Crippen LogP) is 4.81. The minimum atomic E-state index is -0.291. The number of methoxy groups -OCH3 is 2. The number of fused-ring (bicyclic) bond motifs is 1. The van der Waals surface area contributed by atoms with Gasteiger partial charge < -0.3 is 19.0 Å². The Hall–Kier alpha value is -2.73. The highest BCUT2D eigenvalue weighted by molar-refractivity contribution is 9.10. The summed E-state index contributed by atoms with van der Waals surface area (Å²) in [6.07, 6.45) is 2.98. The third kappa shape index (κ3) is 3.39. The molecule has 6 heteroatoms.